The molecule has 214 valence electrons. The summed E-state index contributed by atoms with van der Waals surface area (Å²) in [6.45, 7) is 6.43. The Balaban J connectivity index is 1.47. The van der Waals surface area contributed by atoms with Crippen molar-refractivity contribution < 1.29 is 31.8 Å². The van der Waals surface area contributed by atoms with Gasteiger partial charge >= 0.3 is 5.97 Å². The fourth-order valence-electron chi connectivity index (χ4n) is 4.93. The van der Waals surface area contributed by atoms with Gasteiger partial charge in [-0.3, -0.25) is 4.79 Å². The maximum atomic E-state index is 14.8. The molecule has 7 nitrogen and oxygen atoms in total. The molecule has 0 saturated carbocycles. The van der Waals surface area contributed by atoms with Gasteiger partial charge in [-0.1, -0.05) is 25.1 Å². The van der Waals surface area contributed by atoms with Crippen LogP contribution in [0.5, 0.6) is 11.5 Å². The number of esters is 1. The number of carbonyl (C=O) groups excluding carboxylic acids is 1. The van der Waals surface area contributed by atoms with E-state index < -0.39 is 15.7 Å². The minimum absolute atomic E-state index is 0.101. The first kappa shape index (κ1) is 29.4. The fourth-order valence-corrected chi connectivity index (χ4v) is 5.77. The third-order valence-corrected chi connectivity index (χ3v) is 8.89. The Kier molecular flexibility index (Phi) is 9.35. The highest BCUT2D eigenvalue weighted by Gasteiger charge is 2.23. The summed E-state index contributed by atoms with van der Waals surface area (Å²) in [5.74, 6) is 0.764. The molecule has 1 unspecified atom stereocenters. The van der Waals surface area contributed by atoms with Gasteiger partial charge in [-0.15, -0.1) is 0 Å². The molecule has 1 atom stereocenters. The molecule has 1 heterocycles. The lowest BCUT2D eigenvalue weighted by Crippen LogP contribution is -2.24. The van der Waals surface area contributed by atoms with Crippen LogP contribution in [0.15, 0.2) is 48.5 Å². The molecule has 0 aromatic heterocycles. The number of sulfone groups is 1. The topological polar surface area (TPSA) is 90.9 Å². The second-order valence-corrected chi connectivity index (χ2v) is 12.5. The molecular formula is C31H36FNO6S. The van der Waals surface area contributed by atoms with Crippen molar-refractivity contribution in [1.82, 2.24) is 0 Å². The quantitative estimate of drug-likeness (QED) is 0.225. The van der Waals surface area contributed by atoms with E-state index in [9.17, 15) is 17.6 Å². The van der Waals surface area contributed by atoms with Crippen LogP contribution in [0.25, 0.3) is 11.1 Å². The Labute approximate surface area is 235 Å². The second kappa shape index (κ2) is 12.7. The molecule has 4 rings (SSSR count). The molecule has 0 fully saturated rings. The van der Waals surface area contributed by atoms with E-state index in [0.29, 0.717) is 36.6 Å². The first-order valence-corrected chi connectivity index (χ1v) is 15.3. The van der Waals surface area contributed by atoms with Crippen LogP contribution in [0, 0.1) is 19.7 Å². The predicted molar refractivity (Wildman–Crippen MR) is 154 cm³/mol. The summed E-state index contributed by atoms with van der Waals surface area (Å²) < 4.78 is 54.7. The average Bonchev–Trinajstić information content (AvgIpc) is 2.93. The van der Waals surface area contributed by atoms with E-state index in [-0.39, 0.29) is 36.4 Å². The van der Waals surface area contributed by atoms with E-state index in [1.54, 1.807) is 13.0 Å². The third kappa shape index (κ3) is 7.13. The normalized spacial score (nSPS) is 14.6. The summed E-state index contributed by atoms with van der Waals surface area (Å²) >= 11 is 0. The minimum Gasteiger partial charge on any atom is -0.494 e. The summed E-state index contributed by atoms with van der Waals surface area (Å²) in [5, 5.41) is 3.40. The fraction of sp³-hybridized carbons (Fsp3) is 0.387. The number of carbonyl (C=O) groups is 1. The lowest BCUT2D eigenvalue weighted by atomic mass is 9.92. The summed E-state index contributed by atoms with van der Waals surface area (Å²) in [5.41, 5.74) is 6.24. The van der Waals surface area contributed by atoms with Crippen LogP contribution < -0.4 is 14.8 Å². The van der Waals surface area contributed by atoms with E-state index in [0.717, 1.165) is 33.6 Å². The first-order valence-electron chi connectivity index (χ1n) is 13.4. The van der Waals surface area contributed by atoms with Crippen LogP contribution >= 0.6 is 0 Å². The van der Waals surface area contributed by atoms with Crippen molar-refractivity contribution in [1.29, 1.82) is 0 Å². The lowest BCUT2D eigenvalue weighted by Gasteiger charge is -2.29. The van der Waals surface area contributed by atoms with Crippen LogP contribution in [0.2, 0.25) is 0 Å². The average molecular weight is 570 g/mol. The lowest BCUT2D eigenvalue weighted by molar-refractivity contribution is -0.140. The van der Waals surface area contributed by atoms with Crippen molar-refractivity contribution in [3.8, 4) is 22.6 Å². The number of fused-ring (bicyclic) bond motifs is 1. The SMILES string of the molecule is CCS(=O)(=O)CCCOc1cc(C)c(-c2cccc(C3COc4cc(CCC(=O)OC)c(F)cc4N3)c2)c(C)c1. The van der Waals surface area contributed by atoms with Crippen molar-refractivity contribution in [3.63, 3.8) is 0 Å². The van der Waals surface area contributed by atoms with Gasteiger partial charge in [0.05, 0.1) is 31.2 Å². The highest BCUT2D eigenvalue weighted by atomic mass is 32.2. The Morgan fingerprint density at radius 3 is 2.58 bits per heavy atom. The van der Waals surface area contributed by atoms with Gasteiger partial charge in [-0.2, -0.15) is 0 Å². The van der Waals surface area contributed by atoms with Gasteiger partial charge in [0.2, 0.25) is 0 Å². The number of rotatable bonds is 11. The molecular weight excluding hydrogens is 533 g/mol. The summed E-state index contributed by atoms with van der Waals surface area (Å²) in [6, 6.07) is 15.0. The number of hydrogen-bond donors (Lipinski definition) is 1. The smallest absolute Gasteiger partial charge is 0.305 e. The number of halogens is 1. The largest absolute Gasteiger partial charge is 0.494 e. The van der Waals surface area contributed by atoms with Crippen LogP contribution in [-0.4, -0.2) is 46.2 Å². The van der Waals surface area contributed by atoms with E-state index in [2.05, 4.69) is 22.2 Å². The molecule has 3 aromatic rings. The zero-order valence-electron chi connectivity index (χ0n) is 23.4. The first-order chi connectivity index (χ1) is 19.1. The molecule has 1 N–H and O–H groups in total. The monoisotopic (exact) mass is 569 g/mol. The van der Waals surface area contributed by atoms with Gasteiger partial charge in [-0.05, 0) is 84.3 Å². The standard InChI is InChI=1S/C31H36FNO6S/c1-5-40(35,36)13-7-12-38-25-14-20(2)31(21(3)15-25)24-9-6-8-23(16-24)28-19-39-29-17-22(10-11-30(34)37-4)26(32)18-27(29)33-28/h6,8-9,14-18,28,33H,5,7,10-13,19H2,1-4H3. The Morgan fingerprint density at radius 2 is 1.88 bits per heavy atom. The van der Waals surface area contributed by atoms with E-state index >= 15 is 0 Å². The number of aryl methyl sites for hydroxylation is 3. The van der Waals surface area contributed by atoms with Crippen molar-refractivity contribution in [2.75, 3.05) is 37.1 Å². The summed E-state index contributed by atoms with van der Waals surface area (Å²) in [7, 11) is -1.69. The molecule has 0 bridgehead atoms. The highest BCUT2D eigenvalue weighted by molar-refractivity contribution is 7.91. The number of ether oxygens (including phenoxy) is 3. The minimum atomic E-state index is -3.00. The van der Waals surface area contributed by atoms with Gasteiger partial charge < -0.3 is 19.5 Å². The van der Waals surface area contributed by atoms with Gasteiger partial charge in [0, 0.05) is 18.2 Å². The van der Waals surface area contributed by atoms with Gasteiger partial charge in [0.25, 0.3) is 0 Å². The number of benzene rings is 3. The highest BCUT2D eigenvalue weighted by Crippen LogP contribution is 2.38. The maximum Gasteiger partial charge on any atom is 0.305 e. The Bertz CT molecular complexity index is 1460. The molecule has 0 radical (unpaired) electrons. The number of anilines is 1. The van der Waals surface area contributed by atoms with Gasteiger partial charge in [0.15, 0.2) is 0 Å². The number of nitrogens with one attached hydrogen (secondary N) is 1. The molecule has 0 spiro atoms. The molecule has 3 aromatic carbocycles. The predicted octanol–water partition coefficient (Wildman–Crippen LogP) is 5.96. The summed E-state index contributed by atoms with van der Waals surface area (Å²) in [6.07, 6.45) is 0.796. The molecule has 0 saturated heterocycles. The molecule has 1 aliphatic heterocycles. The van der Waals surface area contributed by atoms with Gasteiger partial charge in [-0.25, -0.2) is 12.8 Å². The van der Waals surface area contributed by atoms with Crippen molar-refractivity contribution in [2.45, 2.75) is 46.1 Å². The van der Waals surface area contributed by atoms with Crippen molar-refractivity contribution >= 4 is 21.5 Å². The van der Waals surface area contributed by atoms with E-state index in [1.165, 1.54) is 13.2 Å². The van der Waals surface area contributed by atoms with Crippen LogP contribution in [0.4, 0.5) is 10.1 Å². The Morgan fingerprint density at radius 1 is 1.12 bits per heavy atom. The van der Waals surface area contributed by atoms with Crippen LogP contribution in [0.3, 0.4) is 0 Å². The third-order valence-electron chi connectivity index (χ3n) is 7.10. The molecule has 9 heteroatoms. The summed E-state index contributed by atoms with van der Waals surface area (Å²) in [4.78, 5) is 11.5. The van der Waals surface area contributed by atoms with Crippen LogP contribution in [-0.2, 0) is 25.8 Å². The zero-order chi connectivity index (χ0) is 28.9. The van der Waals surface area contributed by atoms with Crippen molar-refractivity contribution in [3.05, 3.63) is 76.6 Å². The van der Waals surface area contributed by atoms with Gasteiger partial charge in [0.1, 0.15) is 33.8 Å². The zero-order valence-corrected chi connectivity index (χ0v) is 24.2. The number of methoxy groups -OCH3 is 1. The van der Waals surface area contributed by atoms with Crippen LogP contribution in [0.1, 0.15) is 48.1 Å². The Hall–Kier alpha value is -3.59. The molecule has 0 aliphatic carbocycles. The molecule has 0 amide bonds. The van der Waals surface area contributed by atoms with Crippen molar-refractivity contribution in [2.24, 2.45) is 0 Å². The molecule has 1 aliphatic rings. The van der Waals surface area contributed by atoms with E-state index in [4.69, 9.17) is 9.47 Å². The maximum absolute atomic E-state index is 14.8. The number of hydrogen-bond acceptors (Lipinski definition) is 7. The van der Waals surface area contributed by atoms with E-state index in [1.807, 2.05) is 38.1 Å². The second-order valence-electron chi connectivity index (χ2n) is 10.0. The molecule has 40 heavy (non-hydrogen) atoms.